The standard InChI is InChI=1S/C17H24BrF2N5O/c1-7-24-10(3)13(9(2)21-24)8-23(6)17(26)12(5)25-11(4)14(18)15(22-25)16(19)20/h12,16H,7-8H2,1-6H3/t12-/m0/s1. The number of carbonyl (C=O) groups is 1. The molecule has 0 aliphatic carbocycles. The fraction of sp³-hybridized carbons (Fsp3) is 0.588. The normalized spacial score (nSPS) is 12.7. The molecular formula is C17H24BrF2N5O. The van der Waals surface area contributed by atoms with E-state index in [2.05, 4.69) is 26.1 Å². The number of hydrogen-bond acceptors (Lipinski definition) is 3. The van der Waals surface area contributed by atoms with Gasteiger partial charge in [0.2, 0.25) is 5.91 Å². The highest BCUT2D eigenvalue weighted by Gasteiger charge is 2.27. The van der Waals surface area contributed by atoms with E-state index >= 15 is 0 Å². The van der Waals surface area contributed by atoms with Crippen molar-refractivity contribution in [2.45, 2.75) is 60.2 Å². The molecule has 2 heterocycles. The monoisotopic (exact) mass is 431 g/mol. The van der Waals surface area contributed by atoms with Crippen LogP contribution in [0.2, 0.25) is 0 Å². The molecule has 0 spiro atoms. The maximum absolute atomic E-state index is 13.0. The Hall–Kier alpha value is -1.77. The minimum atomic E-state index is -2.70. The average Bonchev–Trinajstić information content (AvgIpc) is 3.04. The predicted octanol–water partition coefficient (Wildman–Crippen LogP) is 3.94. The molecule has 0 radical (unpaired) electrons. The van der Waals surface area contributed by atoms with Gasteiger partial charge in [-0.15, -0.1) is 0 Å². The summed E-state index contributed by atoms with van der Waals surface area (Å²) in [6.45, 7) is 10.4. The van der Waals surface area contributed by atoms with E-state index in [4.69, 9.17) is 0 Å². The molecule has 0 saturated heterocycles. The van der Waals surface area contributed by atoms with Gasteiger partial charge in [0.05, 0.1) is 15.9 Å². The van der Waals surface area contributed by atoms with E-state index in [0.717, 1.165) is 23.5 Å². The van der Waals surface area contributed by atoms with Crippen LogP contribution in [-0.4, -0.2) is 37.4 Å². The van der Waals surface area contributed by atoms with Gasteiger partial charge in [-0.05, 0) is 50.5 Å². The number of carbonyl (C=O) groups excluding carboxylic acids is 1. The van der Waals surface area contributed by atoms with Gasteiger partial charge in [-0.1, -0.05) is 0 Å². The third-order valence-corrected chi connectivity index (χ3v) is 5.62. The number of aryl methyl sites for hydroxylation is 2. The van der Waals surface area contributed by atoms with Crippen molar-refractivity contribution in [3.63, 3.8) is 0 Å². The van der Waals surface area contributed by atoms with Crippen LogP contribution in [0.4, 0.5) is 8.78 Å². The quantitative estimate of drug-likeness (QED) is 0.695. The van der Waals surface area contributed by atoms with Gasteiger partial charge in [0.15, 0.2) is 0 Å². The maximum atomic E-state index is 13.0. The number of hydrogen-bond donors (Lipinski definition) is 0. The molecule has 26 heavy (non-hydrogen) atoms. The minimum absolute atomic E-state index is 0.202. The van der Waals surface area contributed by atoms with Gasteiger partial charge in [-0.25, -0.2) is 8.78 Å². The molecule has 0 N–H and O–H groups in total. The van der Waals surface area contributed by atoms with Crippen LogP contribution < -0.4 is 0 Å². The second-order valence-electron chi connectivity index (χ2n) is 6.37. The van der Waals surface area contributed by atoms with E-state index in [1.165, 1.54) is 4.68 Å². The lowest BCUT2D eigenvalue weighted by molar-refractivity contribution is -0.133. The van der Waals surface area contributed by atoms with Crippen LogP contribution in [0.1, 0.15) is 54.7 Å². The highest BCUT2D eigenvalue weighted by molar-refractivity contribution is 9.10. The van der Waals surface area contributed by atoms with Crippen LogP contribution >= 0.6 is 15.9 Å². The maximum Gasteiger partial charge on any atom is 0.283 e. The summed E-state index contributed by atoms with van der Waals surface area (Å²) in [5.41, 5.74) is 3.06. The van der Waals surface area contributed by atoms with Gasteiger partial charge in [0.25, 0.3) is 6.43 Å². The first-order valence-corrected chi connectivity index (χ1v) is 9.19. The zero-order valence-corrected chi connectivity index (χ0v) is 17.4. The summed E-state index contributed by atoms with van der Waals surface area (Å²) in [7, 11) is 1.70. The van der Waals surface area contributed by atoms with Crippen LogP contribution in [0, 0.1) is 20.8 Å². The molecule has 9 heteroatoms. The SMILES string of the molecule is CCn1nc(C)c(CN(C)C(=O)[C@H](C)n2nc(C(F)F)c(Br)c2C)c1C. The van der Waals surface area contributed by atoms with Crippen molar-refractivity contribution in [1.29, 1.82) is 0 Å². The van der Waals surface area contributed by atoms with E-state index in [1.54, 1.807) is 25.8 Å². The van der Waals surface area contributed by atoms with Crippen LogP contribution in [0.5, 0.6) is 0 Å². The Labute approximate surface area is 160 Å². The summed E-state index contributed by atoms with van der Waals surface area (Å²) in [4.78, 5) is 14.4. The van der Waals surface area contributed by atoms with Gasteiger partial charge in [0, 0.05) is 31.4 Å². The van der Waals surface area contributed by atoms with Crippen LogP contribution in [0.15, 0.2) is 4.47 Å². The fourth-order valence-corrected chi connectivity index (χ4v) is 3.48. The second-order valence-corrected chi connectivity index (χ2v) is 7.16. The highest BCUT2D eigenvalue weighted by Crippen LogP contribution is 2.31. The molecule has 0 aliphatic heterocycles. The third-order valence-electron chi connectivity index (χ3n) is 4.63. The smallest absolute Gasteiger partial charge is 0.283 e. The number of rotatable bonds is 6. The molecular weight excluding hydrogens is 408 g/mol. The fourth-order valence-electron chi connectivity index (χ4n) is 3.05. The van der Waals surface area contributed by atoms with Gasteiger partial charge < -0.3 is 4.90 Å². The lowest BCUT2D eigenvalue weighted by Gasteiger charge is -2.22. The van der Waals surface area contributed by atoms with E-state index in [-0.39, 0.29) is 16.1 Å². The van der Waals surface area contributed by atoms with Crippen LogP contribution in [-0.2, 0) is 17.9 Å². The molecule has 0 unspecified atom stereocenters. The van der Waals surface area contributed by atoms with Crippen molar-refractivity contribution >= 4 is 21.8 Å². The molecule has 0 fully saturated rings. The third kappa shape index (κ3) is 3.67. The van der Waals surface area contributed by atoms with E-state index in [1.807, 2.05) is 25.5 Å². The zero-order chi connectivity index (χ0) is 19.8. The van der Waals surface area contributed by atoms with Crippen LogP contribution in [0.3, 0.4) is 0 Å². The van der Waals surface area contributed by atoms with Gasteiger partial charge in [-0.2, -0.15) is 10.2 Å². The summed E-state index contributed by atoms with van der Waals surface area (Å²) in [6.07, 6.45) is -2.70. The van der Waals surface area contributed by atoms with Crippen molar-refractivity contribution in [2.24, 2.45) is 0 Å². The molecule has 0 saturated carbocycles. The van der Waals surface area contributed by atoms with Gasteiger partial charge in [-0.3, -0.25) is 14.2 Å². The lowest BCUT2D eigenvalue weighted by Crippen LogP contribution is -2.34. The van der Waals surface area contributed by atoms with Crippen molar-refractivity contribution < 1.29 is 13.6 Å². The largest absolute Gasteiger partial charge is 0.339 e. The van der Waals surface area contributed by atoms with E-state index in [0.29, 0.717) is 12.2 Å². The summed E-state index contributed by atoms with van der Waals surface area (Å²) in [5.74, 6) is -0.202. The lowest BCUT2D eigenvalue weighted by atomic mass is 10.1. The summed E-state index contributed by atoms with van der Waals surface area (Å²) in [6, 6.07) is -0.689. The zero-order valence-electron chi connectivity index (χ0n) is 15.8. The molecule has 144 valence electrons. The Balaban J connectivity index is 2.23. The molecule has 0 bridgehead atoms. The van der Waals surface area contributed by atoms with Crippen molar-refractivity contribution in [2.75, 3.05) is 7.05 Å². The first kappa shape index (κ1) is 20.5. The molecule has 2 aromatic rings. The molecule has 0 aromatic carbocycles. The molecule has 2 aromatic heterocycles. The average molecular weight is 432 g/mol. The first-order valence-electron chi connectivity index (χ1n) is 8.40. The van der Waals surface area contributed by atoms with Gasteiger partial charge >= 0.3 is 0 Å². The number of aromatic nitrogens is 4. The molecule has 1 amide bonds. The minimum Gasteiger partial charge on any atom is -0.339 e. The summed E-state index contributed by atoms with van der Waals surface area (Å²) in [5, 5.41) is 8.39. The Bertz CT molecular complexity index is 815. The molecule has 6 nitrogen and oxygen atoms in total. The Kier molecular flexibility index (Phi) is 6.21. The number of amides is 1. The van der Waals surface area contributed by atoms with Crippen molar-refractivity contribution in [3.05, 3.63) is 32.8 Å². The topological polar surface area (TPSA) is 56.0 Å². The van der Waals surface area contributed by atoms with Crippen molar-refractivity contribution in [1.82, 2.24) is 24.5 Å². The number of alkyl halides is 2. The predicted molar refractivity (Wildman–Crippen MR) is 98.2 cm³/mol. The summed E-state index contributed by atoms with van der Waals surface area (Å²) < 4.78 is 29.6. The summed E-state index contributed by atoms with van der Waals surface area (Å²) >= 11 is 3.14. The Morgan fingerprint density at radius 3 is 2.31 bits per heavy atom. The number of likely N-dealkylation sites (N-methyl/N-ethyl adjacent to an activating group) is 1. The van der Waals surface area contributed by atoms with Crippen molar-refractivity contribution in [3.8, 4) is 0 Å². The number of halogens is 3. The van der Waals surface area contributed by atoms with Crippen LogP contribution in [0.25, 0.3) is 0 Å². The van der Waals surface area contributed by atoms with E-state index < -0.39 is 12.5 Å². The molecule has 1 atom stereocenters. The first-order chi connectivity index (χ1) is 12.1. The van der Waals surface area contributed by atoms with Gasteiger partial charge in [0.1, 0.15) is 11.7 Å². The number of nitrogens with zero attached hydrogens (tertiary/aromatic N) is 5. The second kappa shape index (κ2) is 7.85. The Morgan fingerprint density at radius 1 is 1.23 bits per heavy atom. The molecule has 0 aliphatic rings. The highest BCUT2D eigenvalue weighted by atomic mass is 79.9. The Morgan fingerprint density at radius 2 is 1.85 bits per heavy atom. The molecule has 2 rings (SSSR count). The van der Waals surface area contributed by atoms with E-state index in [9.17, 15) is 13.6 Å².